The van der Waals surface area contributed by atoms with Gasteiger partial charge in [0.2, 0.25) is 0 Å². The summed E-state index contributed by atoms with van der Waals surface area (Å²) in [5.74, 6) is -0.177. The predicted octanol–water partition coefficient (Wildman–Crippen LogP) is 3.12. The largest absolute Gasteiger partial charge is 0.388 e. The van der Waals surface area contributed by atoms with Gasteiger partial charge in [0.1, 0.15) is 5.82 Å². The van der Waals surface area contributed by atoms with Crippen molar-refractivity contribution in [1.29, 1.82) is 0 Å². The van der Waals surface area contributed by atoms with E-state index in [9.17, 15) is 9.50 Å². The fourth-order valence-corrected chi connectivity index (χ4v) is 5.23. The second-order valence-corrected chi connectivity index (χ2v) is 8.87. The van der Waals surface area contributed by atoms with E-state index in [0.29, 0.717) is 0 Å². The summed E-state index contributed by atoms with van der Waals surface area (Å²) in [6.07, 6.45) is 5.71. The molecule has 0 saturated carbocycles. The minimum Gasteiger partial charge on any atom is -0.388 e. The molecule has 0 bridgehead atoms. The number of anilines is 1. The molecule has 1 aromatic carbocycles. The molecule has 1 unspecified atom stereocenters. The molecule has 0 aliphatic carbocycles. The lowest BCUT2D eigenvalue weighted by atomic mass is 10.1. The quantitative estimate of drug-likeness (QED) is 0.775. The minimum atomic E-state index is -0.353. The molecule has 1 saturated heterocycles. The third-order valence-corrected chi connectivity index (χ3v) is 6.79. The monoisotopic (exact) mass is 404 g/mol. The zero-order chi connectivity index (χ0) is 19.5. The highest BCUT2D eigenvalue weighted by molar-refractivity contribution is 7.97. The van der Waals surface area contributed by atoms with Crippen molar-refractivity contribution in [3.63, 3.8) is 0 Å². The van der Waals surface area contributed by atoms with E-state index in [-0.39, 0.29) is 11.9 Å². The summed E-state index contributed by atoms with van der Waals surface area (Å²) in [4.78, 5) is 6.03. The fraction of sp³-hybridized carbons (Fsp3) is 0.524. The van der Waals surface area contributed by atoms with Crippen LogP contribution in [0, 0.1) is 5.82 Å². The molecule has 7 heteroatoms. The van der Waals surface area contributed by atoms with E-state index in [2.05, 4.69) is 20.3 Å². The summed E-state index contributed by atoms with van der Waals surface area (Å²) >= 11 is 1.78. The van der Waals surface area contributed by atoms with Crippen molar-refractivity contribution in [2.24, 2.45) is 7.05 Å². The molecule has 1 N–H and O–H groups in total. The summed E-state index contributed by atoms with van der Waals surface area (Å²) in [6.45, 7) is 7.12. The van der Waals surface area contributed by atoms with E-state index < -0.39 is 0 Å². The van der Waals surface area contributed by atoms with Crippen LogP contribution in [0.3, 0.4) is 0 Å². The van der Waals surface area contributed by atoms with Crippen molar-refractivity contribution in [3.05, 3.63) is 48.0 Å². The Morgan fingerprint density at radius 1 is 1.04 bits per heavy atom. The van der Waals surface area contributed by atoms with Crippen molar-refractivity contribution < 1.29 is 9.50 Å². The molecule has 0 radical (unpaired) electrons. The topological polar surface area (TPSA) is 34.9 Å². The Labute approximate surface area is 170 Å². The standard InChI is InChI=1S/C21H29FN4OS/c1-23-15-19-20(27)7-10-26(28-21(19)16-23)9-2-8-24-11-13-25(14-12-24)18-5-3-17(22)4-6-18/h3-6,15-16,20,27H,2,7-14H2,1H3. The highest BCUT2D eigenvalue weighted by atomic mass is 32.2. The van der Waals surface area contributed by atoms with Gasteiger partial charge < -0.3 is 14.6 Å². The van der Waals surface area contributed by atoms with Crippen LogP contribution in [0.4, 0.5) is 10.1 Å². The first-order valence-electron chi connectivity index (χ1n) is 10.1. The van der Waals surface area contributed by atoms with Gasteiger partial charge in [0.05, 0.1) is 6.10 Å². The van der Waals surface area contributed by atoms with Crippen LogP contribution in [0.25, 0.3) is 0 Å². The van der Waals surface area contributed by atoms with Crippen molar-refractivity contribution in [3.8, 4) is 0 Å². The number of benzene rings is 1. The Morgan fingerprint density at radius 2 is 1.79 bits per heavy atom. The van der Waals surface area contributed by atoms with Crippen molar-refractivity contribution in [2.75, 3.05) is 50.7 Å². The first-order valence-corrected chi connectivity index (χ1v) is 10.9. The number of halogens is 1. The first-order chi connectivity index (χ1) is 13.6. The SMILES string of the molecule is Cn1cc2c(c1)C(O)CCN(CCCN1CCN(c3ccc(F)cc3)CC1)S2. The highest BCUT2D eigenvalue weighted by Crippen LogP contribution is 2.36. The molecular formula is C21H29FN4OS. The van der Waals surface area contributed by atoms with Crippen LogP contribution in [0.15, 0.2) is 41.6 Å². The second-order valence-electron chi connectivity index (χ2n) is 7.73. The van der Waals surface area contributed by atoms with Gasteiger partial charge in [0, 0.05) is 74.9 Å². The van der Waals surface area contributed by atoms with Gasteiger partial charge in [-0.1, -0.05) is 0 Å². The summed E-state index contributed by atoms with van der Waals surface area (Å²) in [6, 6.07) is 6.81. The number of rotatable bonds is 5. The number of hydrogen-bond donors (Lipinski definition) is 1. The minimum absolute atomic E-state index is 0.177. The molecule has 0 spiro atoms. The number of piperazine rings is 1. The molecule has 2 aliphatic rings. The van der Waals surface area contributed by atoms with Crippen LogP contribution in [-0.2, 0) is 7.05 Å². The van der Waals surface area contributed by atoms with Crippen molar-refractivity contribution in [1.82, 2.24) is 13.8 Å². The van der Waals surface area contributed by atoms with E-state index in [0.717, 1.165) is 69.9 Å². The molecule has 4 rings (SSSR count). The molecule has 28 heavy (non-hydrogen) atoms. The van der Waals surface area contributed by atoms with Gasteiger partial charge in [0.25, 0.3) is 0 Å². The van der Waals surface area contributed by atoms with Crippen LogP contribution in [0.2, 0.25) is 0 Å². The maximum atomic E-state index is 13.1. The van der Waals surface area contributed by atoms with Gasteiger partial charge in [0.15, 0.2) is 0 Å². The van der Waals surface area contributed by atoms with Crippen LogP contribution >= 0.6 is 11.9 Å². The number of hydrogen-bond acceptors (Lipinski definition) is 5. The van der Waals surface area contributed by atoms with Crippen LogP contribution in [0.1, 0.15) is 24.5 Å². The summed E-state index contributed by atoms with van der Waals surface area (Å²) in [7, 11) is 2.01. The van der Waals surface area contributed by atoms with E-state index in [1.807, 2.05) is 29.9 Å². The Hall–Kier alpha value is -1.54. The Kier molecular flexibility index (Phi) is 6.25. The van der Waals surface area contributed by atoms with Gasteiger partial charge >= 0.3 is 0 Å². The number of nitrogens with zero attached hydrogens (tertiary/aromatic N) is 4. The maximum absolute atomic E-state index is 13.1. The van der Waals surface area contributed by atoms with E-state index in [1.54, 1.807) is 11.9 Å². The average molecular weight is 405 g/mol. The third kappa shape index (κ3) is 4.71. The summed E-state index contributed by atoms with van der Waals surface area (Å²) in [5, 5.41) is 10.3. The number of aliphatic hydroxyl groups is 1. The van der Waals surface area contributed by atoms with Crippen LogP contribution in [-0.4, -0.2) is 64.7 Å². The van der Waals surface area contributed by atoms with Gasteiger partial charge in [-0.25, -0.2) is 8.70 Å². The number of aryl methyl sites for hydroxylation is 1. The lowest BCUT2D eigenvalue weighted by Crippen LogP contribution is -2.47. The second kappa shape index (κ2) is 8.86. The van der Waals surface area contributed by atoms with Gasteiger partial charge in [-0.3, -0.25) is 4.90 Å². The van der Waals surface area contributed by atoms with Crippen molar-refractivity contribution >= 4 is 17.6 Å². The number of fused-ring (bicyclic) bond motifs is 1. The Bertz CT molecular complexity index is 773. The Morgan fingerprint density at radius 3 is 2.54 bits per heavy atom. The highest BCUT2D eigenvalue weighted by Gasteiger charge is 2.23. The number of aromatic nitrogens is 1. The summed E-state index contributed by atoms with van der Waals surface area (Å²) in [5.41, 5.74) is 2.17. The fourth-order valence-electron chi connectivity index (χ4n) is 4.02. The van der Waals surface area contributed by atoms with Crippen molar-refractivity contribution in [2.45, 2.75) is 23.8 Å². The number of aliphatic hydroxyl groups excluding tert-OH is 1. The van der Waals surface area contributed by atoms with Crippen LogP contribution < -0.4 is 4.90 Å². The lowest BCUT2D eigenvalue weighted by molar-refractivity contribution is 0.159. The van der Waals surface area contributed by atoms with Gasteiger partial charge in [-0.05, 0) is 55.6 Å². The zero-order valence-electron chi connectivity index (χ0n) is 16.4. The van der Waals surface area contributed by atoms with Gasteiger partial charge in [-0.2, -0.15) is 0 Å². The average Bonchev–Trinajstić information content (AvgIpc) is 3.00. The normalized spacial score (nSPS) is 21.5. The predicted molar refractivity (Wildman–Crippen MR) is 112 cm³/mol. The molecular weight excluding hydrogens is 375 g/mol. The van der Waals surface area contributed by atoms with E-state index in [4.69, 9.17) is 0 Å². The first kappa shape index (κ1) is 19.8. The smallest absolute Gasteiger partial charge is 0.123 e. The van der Waals surface area contributed by atoms with Crippen LogP contribution in [0.5, 0.6) is 0 Å². The van der Waals surface area contributed by atoms with E-state index >= 15 is 0 Å². The van der Waals surface area contributed by atoms with Gasteiger partial charge in [-0.15, -0.1) is 0 Å². The molecule has 1 aromatic heterocycles. The van der Waals surface area contributed by atoms with E-state index in [1.165, 1.54) is 17.0 Å². The lowest BCUT2D eigenvalue weighted by Gasteiger charge is -2.36. The molecule has 3 heterocycles. The molecule has 2 aliphatic heterocycles. The Balaban J connectivity index is 1.21. The zero-order valence-corrected chi connectivity index (χ0v) is 17.2. The summed E-state index contributed by atoms with van der Waals surface area (Å²) < 4.78 is 17.5. The molecule has 5 nitrogen and oxygen atoms in total. The molecule has 2 aromatic rings. The molecule has 0 amide bonds. The molecule has 1 fully saturated rings. The molecule has 152 valence electrons. The molecule has 1 atom stereocenters. The third-order valence-electron chi connectivity index (χ3n) is 5.63. The maximum Gasteiger partial charge on any atom is 0.123 e.